The van der Waals surface area contributed by atoms with Crippen LogP contribution in [0.15, 0.2) is 0 Å². The topological polar surface area (TPSA) is 134 Å². The van der Waals surface area contributed by atoms with Crippen LogP contribution in [0.1, 0.15) is 117 Å². The summed E-state index contributed by atoms with van der Waals surface area (Å²) in [6.07, 6.45) is 14.9. The number of ether oxygens (including phenoxy) is 2. The Morgan fingerprint density at radius 2 is 1.23 bits per heavy atom. The van der Waals surface area contributed by atoms with Crippen molar-refractivity contribution in [2.24, 2.45) is 5.73 Å². The maximum absolute atomic E-state index is 12.3. The number of unbranched alkanes of at least 4 members (excludes halogenated alkanes) is 12. The van der Waals surface area contributed by atoms with E-state index in [-0.39, 0.29) is 32.6 Å². The van der Waals surface area contributed by atoms with E-state index in [1.54, 1.807) is 0 Å². The Bertz CT molecular complexity index is 576. The van der Waals surface area contributed by atoms with Gasteiger partial charge in [-0.3, -0.25) is 18.6 Å². The summed E-state index contributed by atoms with van der Waals surface area (Å²) in [6.45, 7) is 3.54. The minimum Gasteiger partial charge on any atom is -0.462 e. The van der Waals surface area contributed by atoms with E-state index in [0.717, 1.165) is 38.5 Å². The molecule has 0 spiro atoms. The van der Waals surface area contributed by atoms with Crippen LogP contribution in [0.4, 0.5) is 0 Å². The number of carbonyl (C=O) groups is 2. The minimum absolute atomic E-state index is 0.0564. The summed E-state index contributed by atoms with van der Waals surface area (Å²) < 4.78 is 32.1. The van der Waals surface area contributed by atoms with Gasteiger partial charge in [-0.1, -0.05) is 90.9 Å². The summed E-state index contributed by atoms with van der Waals surface area (Å²) in [4.78, 5) is 33.9. The van der Waals surface area contributed by atoms with Crippen molar-refractivity contribution in [1.82, 2.24) is 0 Å². The third-order valence-electron chi connectivity index (χ3n) is 5.49. The lowest BCUT2D eigenvalue weighted by molar-refractivity contribution is -0.161. The van der Waals surface area contributed by atoms with E-state index in [4.69, 9.17) is 24.3 Å². The SMILES string of the molecule is CCCCCCCCCCCCC(=O)O[C@H](COC(=O)CCCCCC)COP(=O)(O)OCCN. The molecule has 0 aliphatic rings. The average molecular weight is 524 g/mol. The average Bonchev–Trinajstić information content (AvgIpc) is 2.83. The maximum atomic E-state index is 12.3. The van der Waals surface area contributed by atoms with Gasteiger partial charge in [0.2, 0.25) is 0 Å². The summed E-state index contributed by atoms with van der Waals surface area (Å²) in [5.41, 5.74) is 5.27. The molecule has 0 fully saturated rings. The van der Waals surface area contributed by atoms with Gasteiger partial charge < -0.3 is 20.1 Å². The molecule has 0 rings (SSSR count). The van der Waals surface area contributed by atoms with E-state index < -0.39 is 32.5 Å². The van der Waals surface area contributed by atoms with Gasteiger partial charge in [-0.15, -0.1) is 0 Å². The second kappa shape index (κ2) is 23.4. The first kappa shape index (κ1) is 34.0. The highest BCUT2D eigenvalue weighted by Gasteiger charge is 2.25. The monoisotopic (exact) mass is 523 g/mol. The summed E-state index contributed by atoms with van der Waals surface area (Å²) in [5.74, 6) is -0.851. The van der Waals surface area contributed by atoms with Crippen LogP contribution >= 0.6 is 7.82 Å². The molecule has 2 atom stereocenters. The van der Waals surface area contributed by atoms with Crippen LogP contribution in [-0.4, -0.2) is 49.3 Å². The van der Waals surface area contributed by atoms with E-state index in [9.17, 15) is 19.0 Å². The van der Waals surface area contributed by atoms with Crippen LogP contribution < -0.4 is 5.73 Å². The van der Waals surface area contributed by atoms with Crippen LogP contribution in [0.3, 0.4) is 0 Å². The highest BCUT2D eigenvalue weighted by molar-refractivity contribution is 7.47. The molecule has 0 amide bonds. The predicted octanol–water partition coefficient (Wildman–Crippen LogP) is 5.82. The van der Waals surface area contributed by atoms with Crippen molar-refractivity contribution in [3.05, 3.63) is 0 Å². The quantitative estimate of drug-likeness (QED) is 0.0862. The summed E-state index contributed by atoms with van der Waals surface area (Å²) in [6, 6.07) is 0. The van der Waals surface area contributed by atoms with Crippen LogP contribution in [-0.2, 0) is 32.7 Å². The van der Waals surface area contributed by atoms with Crippen molar-refractivity contribution in [3.63, 3.8) is 0 Å². The van der Waals surface area contributed by atoms with Crippen LogP contribution in [0.25, 0.3) is 0 Å². The third-order valence-corrected chi connectivity index (χ3v) is 6.48. The number of esters is 2. The zero-order valence-electron chi connectivity index (χ0n) is 22.0. The molecule has 0 saturated heterocycles. The number of nitrogens with two attached hydrogens (primary N) is 1. The first-order chi connectivity index (χ1) is 16.8. The molecular weight excluding hydrogens is 473 g/mol. The molecule has 3 N–H and O–H groups in total. The number of rotatable bonds is 25. The van der Waals surface area contributed by atoms with Crippen molar-refractivity contribution in [3.8, 4) is 0 Å². The molecule has 0 saturated carbocycles. The Hall–Kier alpha value is -0.990. The molecule has 10 heteroatoms. The lowest BCUT2D eigenvalue weighted by Crippen LogP contribution is -2.29. The van der Waals surface area contributed by atoms with Gasteiger partial charge in [0, 0.05) is 19.4 Å². The lowest BCUT2D eigenvalue weighted by Gasteiger charge is -2.19. The van der Waals surface area contributed by atoms with Crippen LogP contribution in [0, 0.1) is 0 Å². The number of hydrogen-bond donors (Lipinski definition) is 2. The van der Waals surface area contributed by atoms with Gasteiger partial charge in [-0.25, -0.2) is 4.57 Å². The molecule has 0 radical (unpaired) electrons. The van der Waals surface area contributed by atoms with E-state index in [2.05, 4.69) is 13.8 Å². The molecule has 0 aliphatic heterocycles. The second-order valence-corrected chi connectivity index (χ2v) is 10.4. The first-order valence-electron chi connectivity index (χ1n) is 13.5. The number of hydrogen-bond acceptors (Lipinski definition) is 8. The Balaban J connectivity index is 4.34. The fourth-order valence-electron chi connectivity index (χ4n) is 3.45. The lowest BCUT2D eigenvalue weighted by atomic mass is 10.1. The van der Waals surface area contributed by atoms with Gasteiger partial charge in [0.25, 0.3) is 0 Å². The molecule has 208 valence electrons. The molecule has 0 aliphatic carbocycles. The van der Waals surface area contributed by atoms with Crippen LogP contribution in [0.2, 0.25) is 0 Å². The molecule has 35 heavy (non-hydrogen) atoms. The van der Waals surface area contributed by atoms with E-state index in [0.29, 0.717) is 6.42 Å². The standard InChI is InChI=1S/C25H50NO8P/c1-3-5-7-9-10-11-12-13-14-16-18-25(28)34-23(22-33-35(29,30)32-20-19-26)21-31-24(27)17-15-8-6-4-2/h23H,3-22,26H2,1-2H3,(H,29,30)/t23-/m1/s1. The fraction of sp³-hybridized carbons (Fsp3) is 0.920. The zero-order valence-corrected chi connectivity index (χ0v) is 22.9. The molecule has 0 heterocycles. The zero-order chi connectivity index (χ0) is 26.2. The highest BCUT2D eigenvalue weighted by Crippen LogP contribution is 2.43. The van der Waals surface area contributed by atoms with Crippen molar-refractivity contribution < 1.29 is 37.6 Å². The van der Waals surface area contributed by atoms with Crippen molar-refractivity contribution in [2.45, 2.75) is 123 Å². The van der Waals surface area contributed by atoms with Crippen molar-refractivity contribution in [2.75, 3.05) is 26.4 Å². The molecule has 0 aromatic heterocycles. The number of phosphoric ester groups is 1. The van der Waals surface area contributed by atoms with Crippen molar-refractivity contribution >= 4 is 19.8 Å². The smallest absolute Gasteiger partial charge is 0.462 e. The highest BCUT2D eigenvalue weighted by atomic mass is 31.2. The van der Waals surface area contributed by atoms with E-state index in [1.165, 1.54) is 44.9 Å². The van der Waals surface area contributed by atoms with Gasteiger partial charge >= 0.3 is 19.8 Å². The van der Waals surface area contributed by atoms with Gasteiger partial charge in [0.05, 0.1) is 13.2 Å². The van der Waals surface area contributed by atoms with Crippen molar-refractivity contribution in [1.29, 1.82) is 0 Å². The van der Waals surface area contributed by atoms with E-state index >= 15 is 0 Å². The van der Waals surface area contributed by atoms with Gasteiger partial charge in [-0.2, -0.15) is 0 Å². The van der Waals surface area contributed by atoms with Gasteiger partial charge in [0.15, 0.2) is 6.10 Å². The molecular formula is C25H50NO8P. The number of carbonyl (C=O) groups excluding carboxylic acids is 2. The molecule has 9 nitrogen and oxygen atoms in total. The molecule has 0 bridgehead atoms. The van der Waals surface area contributed by atoms with E-state index in [1.807, 2.05) is 0 Å². The van der Waals surface area contributed by atoms with Gasteiger partial charge in [-0.05, 0) is 12.8 Å². The minimum atomic E-state index is -4.34. The fourth-order valence-corrected chi connectivity index (χ4v) is 4.22. The largest absolute Gasteiger partial charge is 0.472 e. The maximum Gasteiger partial charge on any atom is 0.472 e. The Morgan fingerprint density at radius 1 is 0.743 bits per heavy atom. The molecule has 0 aromatic rings. The summed E-state index contributed by atoms with van der Waals surface area (Å²) in [7, 11) is -4.34. The normalized spacial score (nSPS) is 13.8. The summed E-state index contributed by atoms with van der Waals surface area (Å²) in [5, 5.41) is 0. The first-order valence-corrected chi connectivity index (χ1v) is 15.0. The molecule has 0 aromatic carbocycles. The Kier molecular flexibility index (Phi) is 22.7. The second-order valence-electron chi connectivity index (χ2n) is 8.92. The van der Waals surface area contributed by atoms with Crippen LogP contribution in [0.5, 0.6) is 0 Å². The molecule has 1 unspecified atom stereocenters. The van der Waals surface area contributed by atoms with Gasteiger partial charge in [0.1, 0.15) is 6.61 Å². The Labute approximate surface area is 212 Å². The summed E-state index contributed by atoms with van der Waals surface area (Å²) >= 11 is 0. The third kappa shape index (κ3) is 23.2. The predicted molar refractivity (Wildman–Crippen MR) is 137 cm³/mol. The number of phosphoric acid groups is 1. The Morgan fingerprint density at radius 3 is 1.77 bits per heavy atom.